The normalized spacial score (nSPS) is 28.8. The van der Waals surface area contributed by atoms with Crippen molar-refractivity contribution in [3.63, 3.8) is 0 Å². The van der Waals surface area contributed by atoms with E-state index in [9.17, 15) is 4.79 Å². The Labute approximate surface area is 72.7 Å². The molecule has 12 heavy (non-hydrogen) atoms. The summed E-state index contributed by atoms with van der Waals surface area (Å²) in [6.07, 6.45) is 0. The second kappa shape index (κ2) is 4.42. The highest BCUT2D eigenvalue weighted by molar-refractivity contribution is 5.79. The predicted octanol–water partition coefficient (Wildman–Crippen LogP) is -0.643. The molecule has 4 heteroatoms. The summed E-state index contributed by atoms with van der Waals surface area (Å²) in [6.45, 7) is 3.78. The van der Waals surface area contributed by atoms with E-state index in [-0.39, 0.29) is 17.9 Å². The molecule has 2 N–H and O–H groups in total. The van der Waals surface area contributed by atoms with Gasteiger partial charge in [-0.05, 0) is 14.0 Å². The van der Waals surface area contributed by atoms with Crippen LogP contribution in [0.4, 0.5) is 0 Å². The summed E-state index contributed by atoms with van der Waals surface area (Å²) in [7, 11) is 1.85. The first-order valence-corrected chi connectivity index (χ1v) is 4.32. The highest BCUT2D eigenvalue weighted by atomic mass is 16.5. The standard InChI is InChI=1S/C8H16N2O2/c1-3-10-8(11)6-4-12-5-7(6)9-2/h6-7,9H,3-5H2,1-2H3,(H,10,11). The molecular weight excluding hydrogens is 156 g/mol. The average Bonchev–Trinajstić information content (AvgIpc) is 2.51. The van der Waals surface area contributed by atoms with E-state index in [0.717, 1.165) is 0 Å². The van der Waals surface area contributed by atoms with Gasteiger partial charge in [-0.2, -0.15) is 0 Å². The molecule has 1 heterocycles. The summed E-state index contributed by atoms with van der Waals surface area (Å²) < 4.78 is 5.20. The van der Waals surface area contributed by atoms with Crippen molar-refractivity contribution in [2.45, 2.75) is 13.0 Å². The summed E-state index contributed by atoms with van der Waals surface area (Å²) in [5, 5.41) is 5.86. The van der Waals surface area contributed by atoms with Crippen LogP contribution in [0, 0.1) is 5.92 Å². The largest absolute Gasteiger partial charge is 0.379 e. The van der Waals surface area contributed by atoms with Gasteiger partial charge in [0.1, 0.15) is 0 Å². The number of rotatable bonds is 3. The van der Waals surface area contributed by atoms with E-state index < -0.39 is 0 Å². The van der Waals surface area contributed by atoms with Crippen LogP contribution in [0.15, 0.2) is 0 Å². The van der Waals surface area contributed by atoms with Crippen molar-refractivity contribution in [1.29, 1.82) is 0 Å². The van der Waals surface area contributed by atoms with Gasteiger partial charge in [-0.3, -0.25) is 4.79 Å². The Balaban J connectivity index is 2.43. The molecule has 0 aromatic rings. The summed E-state index contributed by atoms with van der Waals surface area (Å²) in [5.74, 6) is 0.0734. The number of hydrogen-bond donors (Lipinski definition) is 2. The molecule has 1 fully saturated rings. The maximum atomic E-state index is 11.4. The lowest BCUT2D eigenvalue weighted by Gasteiger charge is -2.15. The zero-order chi connectivity index (χ0) is 8.97. The summed E-state index contributed by atoms with van der Waals surface area (Å²) >= 11 is 0. The van der Waals surface area contributed by atoms with Gasteiger partial charge in [0, 0.05) is 12.6 Å². The van der Waals surface area contributed by atoms with Gasteiger partial charge in [-0.25, -0.2) is 0 Å². The second-order valence-corrected chi connectivity index (χ2v) is 2.93. The van der Waals surface area contributed by atoms with E-state index >= 15 is 0 Å². The van der Waals surface area contributed by atoms with E-state index in [4.69, 9.17) is 4.74 Å². The molecule has 0 aromatic heterocycles. The van der Waals surface area contributed by atoms with Gasteiger partial charge in [-0.15, -0.1) is 0 Å². The van der Waals surface area contributed by atoms with Crippen LogP contribution in [-0.2, 0) is 9.53 Å². The van der Waals surface area contributed by atoms with Crippen molar-refractivity contribution < 1.29 is 9.53 Å². The lowest BCUT2D eigenvalue weighted by molar-refractivity contribution is -0.125. The molecule has 1 aliphatic heterocycles. The van der Waals surface area contributed by atoms with E-state index in [1.54, 1.807) is 0 Å². The number of hydrogen-bond acceptors (Lipinski definition) is 3. The first-order valence-electron chi connectivity index (χ1n) is 4.32. The van der Waals surface area contributed by atoms with Crippen LogP contribution in [0.2, 0.25) is 0 Å². The maximum Gasteiger partial charge on any atom is 0.227 e. The summed E-state index contributed by atoms with van der Waals surface area (Å²) in [5.41, 5.74) is 0. The Morgan fingerprint density at radius 1 is 1.58 bits per heavy atom. The molecule has 1 amide bonds. The molecule has 0 saturated carbocycles. The van der Waals surface area contributed by atoms with Crippen LogP contribution in [0.5, 0.6) is 0 Å². The fraction of sp³-hybridized carbons (Fsp3) is 0.875. The molecule has 2 atom stereocenters. The SMILES string of the molecule is CCNC(=O)C1COCC1NC. The molecule has 0 spiro atoms. The van der Waals surface area contributed by atoms with Gasteiger partial charge in [0.05, 0.1) is 19.1 Å². The molecule has 2 unspecified atom stereocenters. The third kappa shape index (κ3) is 1.95. The maximum absolute atomic E-state index is 11.4. The third-order valence-corrected chi connectivity index (χ3v) is 2.14. The highest BCUT2D eigenvalue weighted by Gasteiger charge is 2.32. The van der Waals surface area contributed by atoms with E-state index in [0.29, 0.717) is 19.8 Å². The fourth-order valence-electron chi connectivity index (χ4n) is 1.40. The lowest BCUT2D eigenvalue weighted by atomic mass is 10.0. The van der Waals surface area contributed by atoms with Gasteiger partial charge in [-0.1, -0.05) is 0 Å². The molecule has 1 rings (SSSR count). The number of carbonyl (C=O) groups excluding carboxylic acids is 1. The minimum Gasteiger partial charge on any atom is -0.379 e. The molecular formula is C8H16N2O2. The zero-order valence-corrected chi connectivity index (χ0v) is 7.59. The topological polar surface area (TPSA) is 50.4 Å². The van der Waals surface area contributed by atoms with Crippen molar-refractivity contribution in [2.24, 2.45) is 5.92 Å². The summed E-state index contributed by atoms with van der Waals surface area (Å²) in [6, 6.07) is 0.177. The number of ether oxygens (including phenoxy) is 1. The molecule has 4 nitrogen and oxygen atoms in total. The molecule has 0 aliphatic carbocycles. The number of likely N-dealkylation sites (N-methyl/N-ethyl adjacent to an activating group) is 1. The number of carbonyl (C=O) groups is 1. The van der Waals surface area contributed by atoms with Gasteiger partial charge in [0.25, 0.3) is 0 Å². The van der Waals surface area contributed by atoms with Gasteiger partial charge in [0.2, 0.25) is 5.91 Å². The Bertz CT molecular complexity index is 161. The minimum atomic E-state index is -0.0186. The minimum absolute atomic E-state index is 0.0186. The molecule has 0 radical (unpaired) electrons. The van der Waals surface area contributed by atoms with Gasteiger partial charge < -0.3 is 15.4 Å². The monoisotopic (exact) mass is 172 g/mol. The highest BCUT2D eigenvalue weighted by Crippen LogP contribution is 2.12. The van der Waals surface area contributed by atoms with Crippen molar-refractivity contribution in [2.75, 3.05) is 26.8 Å². The third-order valence-electron chi connectivity index (χ3n) is 2.14. The lowest BCUT2D eigenvalue weighted by Crippen LogP contribution is -2.42. The van der Waals surface area contributed by atoms with E-state index in [2.05, 4.69) is 10.6 Å². The molecule has 0 aromatic carbocycles. The fourth-order valence-corrected chi connectivity index (χ4v) is 1.40. The molecule has 0 bridgehead atoms. The number of nitrogens with one attached hydrogen (secondary N) is 2. The Hall–Kier alpha value is -0.610. The second-order valence-electron chi connectivity index (χ2n) is 2.93. The average molecular weight is 172 g/mol. The number of amides is 1. The Morgan fingerprint density at radius 2 is 2.33 bits per heavy atom. The van der Waals surface area contributed by atoms with Crippen molar-refractivity contribution in [3.8, 4) is 0 Å². The zero-order valence-electron chi connectivity index (χ0n) is 7.59. The smallest absolute Gasteiger partial charge is 0.227 e. The first-order chi connectivity index (χ1) is 5.79. The van der Waals surface area contributed by atoms with Crippen LogP contribution in [0.1, 0.15) is 6.92 Å². The van der Waals surface area contributed by atoms with Crippen molar-refractivity contribution in [1.82, 2.24) is 10.6 Å². The first kappa shape index (κ1) is 9.48. The quantitative estimate of drug-likeness (QED) is 0.595. The van der Waals surface area contributed by atoms with Crippen LogP contribution < -0.4 is 10.6 Å². The van der Waals surface area contributed by atoms with E-state index in [1.807, 2.05) is 14.0 Å². The van der Waals surface area contributed by atoms with E-state index in [1.165, 1.54) is 0 Å². The van der Waals surface area contributed by atoms with Crippen LogP contribution in [0.25, 0.3) is 0 Å². The van der Waals surface area contributed by atoms with Gasteiger partial charge in [0.15, 0.2) is 0 Å². The van der Waals surface area contributed by atoms with Crippen molar-refractivity contribution in [3.05, 3.63) is 0 Å². The predicted molar refractivity (Wildman–Crippen MR) is 45.8 cm³/mol. The molecule has 1 aliphatic rings. The Kier molecular flexibility index (Phi) is 3.49. The van der Waals surface area contributed by atoms with Crippen LogP contribution in [0.3, 0.4) is 0 Å². The molecule has 70 valence electrons. The molecule has 1 saturated heterocycles. The van der Waals surface area contributed by atoms with Crippen LogP contribution in [-0.4, -0.2) is 38.8 Å². The Morgan fingerprint density at radius 3 is 2.92 bits per heavy atom. The van der Waals surface area contributed by atoms with Gasteiger partial charge >= 0.3 is 0 Å². The van der Waals surface area contributed by atoms with Crippen LogP contribution >= 0.6 is 0 Å². The van der Waals surface area contributed by atoms with Crippen molar-refractivity contribution >= 4 is 5.91 Å². The summed E-state index contributed by atoms with van der Waals surface area (Å²) in [4.78, 5) is 11.4.